The Balaban J connectivity index is 1.91. The maximum absolute atomic E-state index is 11.7. The lowest BCUT2D eigenvalue weighted by Crippen LogP contribution is -2.14. The normalized spacial score (nSPS) is 15.3. The lowest BCUT2D eigenvalue weighted by molar-refractivity contribution is 0.0519. The minimum Gasteiger partial charge on any atom is -0.461 e. The number of carbonyl (C=O) groups excluding carboxylic acids is 1. The number of halogens is 1. The van der Waals surface area contributed by atoms with Gasteiger partial charge in [-0.2, -0.15) is 5.10 Å². The zero-order valence-corrected chi connectivity index (χ0v) is 12.1. The first-order valence-corrected chi connectivity index (χ1v) is 7.27. The lowest BCUT2D eigenvalue weighted by atomic mass is 9.82. The van der Waals surface area contributed by atoms with Crippen molar-refractivity contribution in [1.29, 1.82) is 0 Å². The Morgan fingerprint density at radius 1 is 1.50 bits per heavy atom. The number of hydrogen-bond acceptors (Lipinski definition) is 4. The Morgan fingerprint density at radius 3 is 2.95 bits per heavy atom. The zero-order chi connectivity index (χ0) is 14.1. The van der Waals surface area contributed by atoms with Crippen LogP contribution in [0.3, 0.4) is 0 Å². The van der Waals surface area contributed by atoms with Gasteiger partial charge in [-0.3, -0.25) is 0 Å². The molecule has 1 aliphatic rings. The number of hydrogen-bond donors (Lipinski definition) is 0. The van der Waals surface area contributed by atoms with Crippen LogP contribution in [0.4, 0.5) is 0 Å². The van der Waals surface area contributed by atoms with Gasteiger partial charge in [0.1, 0.15) is 5.15 Å². The molecule has 0 radical (unpaired) electrons. The number of nitrogens with zero attached hydrogens (tertiary/aromatic N) is 3. The van der Waals surface area contributed by atoms with Crippen LogP contribution in [0.25, 0.3) is 5.65 Å². The Bertz CT molecular complexity index is 649. The summed E-state index contributed by atoms with van der Waals surface area (Å²) < 4.78 is 6.40. The predicted octanol–water partition coefficient (Wildman–Crippen LogP) is 2.90. The van der Waals surface area contributed by atoms with E-state index in [1.165, 1.54) is 23.8 Å². The van der Waals surface area contributed by atoms with Crippen molar-refractivity contribution < 1.29 is 9.53 Å². The second kappa shape index (κ2) is 5.40. The number of esters is 1. The molecule has 1 saturated carbocycles. The highest BCUT2D eigenvalue weighted by Gasteiger charge is 2.20. The van der Waals surface area contributed by atoms with Gasteiger partial charge in [-0.1, -0.05) is 30.9 Å². The van der Waals surface area contributed by atoms with Crippen LogP contribution in [-0.4, -0.2) is 27.2 Å². The van der Waals surface area contributed by atoms with Crippen molar-refractivity contribution in [3.05, 3.63) is 28.7 Å². The van der Waals surface area contributed by atoms with Gasteiger partial charge in [0, 0.05) is 11.8 Å². The molecule has 1 fully saturated rings. The number of ether oxygens (including phenoxy) is 1. The van der Waals surface area contributed by atoms with E-state index >= 15 is 0 Å². The number of fused-ring (bicyclic) bond motifs is 1. The van der Waals surface area contributed by atoms with Crippen LogP contribution in [0.1, 0.15) is 42.4 Å². The van der Waals surface area contributed by atoms with Crippen molar-refractivity contribution in [1.82, 2.24) is 14.6 Å². The Labute approximate surface area is 121 Å². The molecule has 1 aliphatic carbocycles. The summed E-state index contributed by atoms with van der Waals surface area (Å²) in [5, 5.41) is 4.60. The molecule has 2 aromatic rings. The third-order valence-electron chi connectivity index (χ3n) is 3.64. The summed E-state index contributed by atoms with van der Waals surface area (Å²) in [5.41, 5.74) is 1.79. The summed E-state index contributed by atoms with van der Waals surface area (Å²) in [6.45, 7) is 2.08. The topological polar surface area (TPSA) is 56.5 Å². The lowest BCUT2D eigenvalue weighted by Gasteiger charge is -2.24. The van der Waals surface area contributed by atoms with Gasteiger partial charge in [0.2, 0.25) is 0 Å². The molecule has 0 aromatic carbocycles. The molecular formula is C14H16ClN3O2. The standard InChI is InChI=1S/C14H16ClN3O2/c1-2-20-14(19)11-8-13-16-10(6-9-4-3-5-9)7-12(15)18(13)17-11/h7-9H,2-6H2,1H3. The molecule has 0 unspecified atom stereocenters. The molecule has 0 spiro atoms. The van der Waals surface area contributed by atoms with Gasteiger partial charge in [-0.25, -0.2) is 14.3 Å². The van der Waals surface area contributed by atoms with Gasteiger partial charge >= 0.3 is 5.97 Å². The summed E-state index contributed by atoms with van der Waals surface area (Å²) in [7, 11) is 0. The quantitative estimate of drug-likeness (QED) is 0.642. The van der Waals surface area contributed by atoms with Crippen molar-refractivity contribution in [2.45, 2.75) is 32.6 Å². The maximum Gasteiger partial charge on any atom is 0.358 e. The third-order valence-corrected chi connectivity index (χ3v) is 3.91. The first-order valence-electron chi connectivity index (χ1n) is 6.89. The SMILES string of the molecule is CCOC(=O)c1cc2nc(CC3CCC3)cc(Cl)n2n1. The van der Waals surface area contributed by atoms with Crippen molar-refractivity contribution in [2.75, 3.05) is 6.61 Å². The van der Waals surface area contributed by atoms with Crippen LogP contribution in [0, 0.1) is 5.92 Å². The van der Waals surface area contributed by atoms with Gasteiger partial charge in [0.05, 0.1) is 6.61 Å². The Hall–Kier alpha value is -1.62. The van der Waals surface area contributed by atoms with Crippen LogP contribution < -0.4 is 0 Å². The molecule has 0 atom stereocenters. The average Bonchev–Trinajstić information content (AvgIpc) is 2.79. The molecule has 0 saturated heterocycles. The molecule has 0 bridgehead atoms. The van der Waals surface area contributed by atoms with Crippen molar-refractivity contribution in [2.24, 2.45) is 5.92 Å². The molecule has 0 N–H and O–H groups in total. The molecule has 0 amide bonds. The third kappa shape index (κ3) is 2.50. The number of aromatic nitrogens is 3. The van der Waals surface area contributed by atoms with E-state index in [4.69, 9.17) is 16.3 Å². The molecule has 106 valence electrons. The van der Waals surface area contributed by atoms with E-state index in [0.29, 0.717) is 23.3 Å². The Morgan fingerprint density at radius 2 is 2.30 bits per heavy atom. The van der Waals surface area contributed by atoms with E-state index in [2.05, 4.69) is 10.1 Å². The highest BCUT2D eigenvalue weighted by atomic mass is 35.5. The fraction of sp³-hybridized carbons (Fsp3) is 0.500. The summed E-state index contributed by atoms with van der Waals surface area (Å²) in [6, 6.07) is 3.45. The van der Waals surface area contributed by atoms with Gasteiger partial charge in [-0.15, -0.1) is 0 Å². The molecule has 20 heavy (non-hydrogen) atoms. The van der Waals surface area contributed by atoms with Gasteiger partial charge < -0.3 is 4.74 Å². The molecule has 2 heterocycles. The van der Waals surface area contributed by atoms with Gasteiger partial charge in [0.25, 0.3) is 0 Å². The van der Waals surface area contributed by atoms with Crippen LogP contribution in [0.5, 0.6) is 0 Å². The first-order chi connectivity index (χ1) is 9.67. The van der Waals surface area contributed by atoms with E-state index in [9.17, 15) is 4.79 Å². The van der Waals surface area contributed by atoms with Crippen LogP contribution in [0.2, 0.25) is 5.15 Å². The van der Waals surface area contributed by atoms with Crippen LogP contribution in [0.15, 0.2) is 12.1 Å². The maximum atomic E-state index is 11.7. The highest BCUT2D eigenvalue weighted by Crippen LogP contribution is 2.30. The monoisotopic (exact) mass is 293 g/mol. The predicted molar refractivity (Wildman–Crippen MR) is 75.0 cm³/mol. The fourth-order valence-electron chi connectivity index (χ4n) is 2.39. The molecule has 2 aromatic heterocycles. The van der Waals surface area contributed by atoms with E-state index in [-0.39, 0.29) is 5.69 Å². The van der Waals surface area contributed by atoms with Gasteiger partial charge in [0.15, 0.2) is 11.3 Å². The van der Waals surface area contributed by atoms with Crippen LogP contribution in [-0.2, 0) is 11.2 Å². The van der Waals surface area contributed by atoms with E-state index < -0.39 is 5.97 Å². The van der Waals surface area contributed by atoms with E-state index in [0.717, 1.165) is 12.1 Å². The largest absolute Gasteiger partial charge is 0.461 e. The molecule has 6 heteroatoms. The van der Waals surface area contributed by atoms with Crippen LogP contribution >= 0.6 is 11.6 Å². The second-order valence-electron chi connectivity index (χ2n) is 5.09. The summed E-state index contributed by atoms with van der Waals surface area (Å²) in [6.07, 6.45) is 4.77. The number of carbonyl (C=O) groups is 1. The molecule has 3 rings (SSSR count). The summed E-state index contributed by atoms with van der Waals surface area (Å²) in [4.78, 5) is 16.2. The van der Waals surface area contributed by atoms with Crippen molar-refractivity contribution in [3.63, 3.8) is 0 Å². The summed E-state index contributed by atoms with van der Waals surface area (Å²) >= 11 is 6.21. The number of rotatable bonds is 4. The van der Waals surface area contributed by atoms with Gasteiger partial charge in [-0.05, 0) is 25.3 Å². The molecule has 0 aliphatic heterocycles. The fourth-order valence-corrected chi connectivity index (χ4v) is 2.64. The minimum atomic E-state index is -0.449. The smallest absolute Gasteiger partial charge is 0.358 e. The average molecular weight is 294 g/mol. The second-order valence-corrected chi connectivity index (χ2v) is 5.48. The summed E-state index contributed by atoms with van der Waals surface area (Å²) in [5.74, 6) is 0.267. The van der Waals surface area contributed by atoms with Crippen molar-refractivity contribution >= 4 is 23.2 Å². The molecular weight excluding hydrogens is 278 g/mol. The molecule has 5 nitrogen and oxygen atoms in total. The Kier molecular flexibility index (Phi) is 3.61. The van der Waals surface area contributed by atoms with E-state index in [1.807, 2.05) is 6.07 Å². The highest BCUT2D eigenvalue weighted by molar-refractivity contribution is 6.29. The van der Waals surface area contributed by atoms with Crippen molar-refractivity contribution in [3.8, 4) is 0 Å². The van der Waals surface area contributed by atoms with E-state index in [1.54, 1.807) is 13.0 Å². The minimum absolute atomic E-state index is 0.238. The zero-order valence-electron chi connectivity index (χ0n) is 11.3. The first kappa shape index (κ1) is 13.4.